The maximum Gasteiger partial charge on any atom is 0.307 e. The molecule has 2 aromatic rings. The lowest BCUT2D eigenvalue weighted by molar-refractivity contribution is -0.145. The summed E-state index contributed by atoms with van der Waals surface area (Å²) in [5.41, 5.74) is 0.824. The third kappa shape index (κ3) is 2.54. The average Bonchev–Trinajstić information content (AvgIpc) is 3.07. The number of halogens is 1. The Bertz CT molecular complexity index is 716. The summed E-state index contributed by atoms with van der Waals surface area (Å²) in [5, 5.41) is 11.8. The van der Waals surface area contributed by atoms with Crippen molar-refractivity contribution in [1.82, 2.24) is 19.9 Å². The molecule has 3 N–H and O–H groups in total. The predicted molar refractivity (Wildman–Crippen MR) is 73.8 cm³/mol. The van der Waals surface area contributed by atoms with Crippen molar-refractivity contribution in [3.63, 3.8) is 0 Å². The molecule has 0 spiro atoms. The molecule has 2 heterocycles. The van der Waals surface area contributed by atoms with E-state index in [9.17, 15) is 9.59 Å². The zero-order valence-corrected chi connectivity index (χ0v) is 11.6. The van der Waals surface area contributed by atoms with Gasteiger partial charge in [-0.05, 0) is 12.8 Å². The number of imidazole rings is 1. The Hall–Kier alpha value is -2.22. The maximum atomic E-state index is 12.2. The summed E-state index contributed by atoms with van der Waals surface area (Å²) in [5.74, 6) is -2.55. The fourth-order valence-electron chi connectivity index (χ4n) is 2.63. The molecule has 1 amide bonds. The van der Waals surface area contributed by atoms with Gasteiger partial charge in [0.05, 0.1) is 18.2 Å². The first-order valence-corrected chi connectivity index (χ1v) is 6.84. The quantitative estimate of drug-likeness (QED) is 0.738. The predicted octanol–water partition coefficient (Wildman–Crippen LogP) is 1.45. The molecule has 3 rings (SSSR count). The van der Waals surface area contributed by atoms with Crippen molar-refractivity contribution in [2.75, 3.05) is 5.32 Å². The van der Waals surface area contributed by atoms with E-state index in [2.05, 4.69) is 25.3 Å². The number of nitrogens with one attached hydrogen (secondary N) is 2. The lowest BCUT2D eigenvalue weighted by atomic mass is 9.95. The molecule has 2 unspecified atom stereocenters. The fraction of sp³-hybridized carbons (Fsp3) is 0.417. The van der Waals surface area contributed by atoms with Crippen molar-refractivity contribution in [2.45, 2.75) is 19.3 Å². The van der Waals surface area contributed by atoms with Crippen LogP contribution in [0, 0.1) is 11.8 Å². The highest BCUT2D eigenvalue weighted by atomic mass is 35.5. The minimum atomic E-state index is -0.950. The Labute approximate surface area is 124 Å². The Kier molecular flexibility index (Phi) is 3.46. The number of aromatic nitrogens is 4. The highest BCUT2D eigenvalue weighted by molar-refractivity contribution is 6.33. The highest BCUT2D eigenvalue weighted by Crippen LogP contribution is 2.32. The number of aliphatic carboxylic acids is 1. The SMILES string of the molecule is O=C(O)C1CCCC1C(=O)Nc1nc(Cl)c2[nH]cnc2n1. The number of nitrogens with zero attached hydrogens (tertiary/aromatic N) is 3. The number of aromatic amines is 1. The first-order chi connectivity index (χ1) is 10.1. The molecule has 1 aliphatic rings. The number of rotatable bonds is 3. The summed E-state index contributed by atoms with van der Waals surface area (Å²) in [6, 6.07) is 0. The van der Waals surface area contributed by atoms with E-state index < -0.39 is 23.7 Å². The Morgan fingerprint density at radius 1 is 1.33 bits per heavy atom. The maximum absolute atomic E-state index is 12.2. The number of carbonyl (C=O) groups is 2. The van der Waals surface area contributed by atoms with Gasteiger partial charge in [-0.25, -0.2) is 4.98 Å². The van der Waals surface area contributed by atoms with Crippen LogP contribution in [-0.2, 0) is 9.59 Å². The molecule has 2 aromatic heterocycles. The van der Waals surface area contributed by atoms with Crippen molar-refractivity contribution in [3.8, 4) is 0 Å². The molecule has 9 heteroatoms. The molecular formula is C12H12ClN5O3. The van der Waals surface area contributed by atoms with Crippen LogP contribution in [0.2, 0.25) is 5.15 Å². The first-order valence-electron chi connectivity index (χ1n) is 6.46. The summed E-state index contributed by atoms with van der Waals surface area (Å²) in [7, 11) is 0. The topological polar surface area (TPSA) is 121 Å². The molecule has 110 valence electrons. The van der Waals surface area contributed by atoms with Gasteiger partial charge in [0.25, 0.3) is 0 Å². The molecule has 2 atom stereocenters. The average molecular weight is 310 g/mol. The molecule has 8 nitrogen and oxygen atoms in total. The van der Waals surface area contributed by atoms with Gasteiger partial charge in [-0.2, -0.15) is 9.97 Å². The third-order valence-electron chi connectivity index (χ3n) is 3.65. The lowest BCUT2D eigenvalue weighted by Crippen LogP contribution is -2.30. The number of carboxylic acids is 1. The molecule has 0 bridgehead atoms. The van der Waals surface area contributed by atoms with E-state index in [1.165, 1.54) is 6.33 Å². The molecule has 1 aliphatic carbocycles. The number of H-pyrrole nitrogens is 1. The Morgan fingerprint density at radius 3 is 2.86 bits per heavy atom. The summed E-state index contributed by atoms with van der Waals surface area (Å²) in [6.07, 6.45) is 3.19. The fourth-order valence-corrected chi connectivity index (χ4v) is 2.85. The van der Waals surface area contributed by atoms with Crippen LogP contribution in [0.3, 0.4) is 0 Å². The number of anilines is 1. The molecule has 0 saturated heterocycles. The van der Waals surface area contributed by atoms with Crippen LogP contribution in [0.15, 0.2) is 6.33 Å². The smallest absolute Gasteiger partial charge is 0.307 e. The van der Waals surface area contributed by atoms with E-state index in [1.54, 1.807) is 0 Å². The van der Waals surface area contributed by atoms with Crippen LogP contribution in [0.5, 0.6) is 0 Å². The largest absolute Gasteiger partial charge is 0.481 e. The van der Waals surface area contributed by atoms with Crippen LogP contribution in [0.25, 0.3) is 11.2 Å². The number of fused-ring (bicyclic) bond motifs is 1. The number of carbonyl (C=O) groups excluding carboxylic acids is 1. The second kappa shape index (κ2) is 5.28. The van der Waals surface area contributed by atoms with Gasteiger partial charge in [-0.3, -0.25) is 14.9 Å². The second-order valence-corrected chi connectivity index (χ2v) is 5.27. The molecule has 21 heavy (non-hydrogen) atoms. The van der Waals surface area contributed by atoms with Crippen LogP contribution in [-0.4, -0.2) is 36.9 Å². The monoisotopic (exact) mass is 309 g/mol. The summed E-state index contributed by atoms with van der Waals surface area (Å²) >= 11 is 5.96. The molecule has 1 fully saturated rings. The molecule has 0 aromatic carbocycles. The van der Waals surface area contributed by atoms with Crippen LogP contribution in [0.4, 0.5) is 5.95 Å². The number of amides is 1. The zero-order chi connectivity index (χ0) is 15.0. The second-order valence-electron chi connectivity index (χ2n) is 4.91. The molecule has 0 radical (unpaired) electrons. The first kappa shape index (κ1) is 13.7. The van der Waals surface area contributed by atoms with Crippen molar-refractivity contribution in [3.05, 3.63) is 11.5 Å². The van der Waals surface area contributed by atoms with Crippen molar-refractivity contribution in [1.29, 1.82) is 0 Å². The highest BCUT2D eigenvalue weighted by Gasteiger charge is 2.38. The van der Waals surface area contributed by atoms with Gasteiger partial charge < -0.3 is 10.1 Å². The Balaban J connectivity index is 1.81. The minimum Gasteiger partial charge on any atom is -0.481 e. The lowest BCUT2D eigenvalue weighted by Gasteiger charge is -2.14. The third-order valence-corrected chi connectivity index (χ3v) is 3.92. The van der Waals surface area contributed by atoms with E-state index in [0.717, 1.165) is 6.42 Å². The van der Waals surface area contributed by atoms with Gasteiger partial charge in [0.15, 0.2) is 10.8 Å². The van der Waals surface area contributed by atoms with E-state index in [4.69, 9.17) is 16.7 Å². The number of carboxylic acid groups (broad SMARTS) is 1. The van der Waals surface area contributed by atoms with Crippen molar-refractivity contribution >= 4 is 40.6 Å². The van der Waals surface area contributed by atoms with Gasteiger partial charge in [0.2, 0.25) is 11.9 Å². The van der Waals surface area contributed by atoms with Crippen LogP contribution >= 0.6 is 11.6 Å². The van der Waals surface area contributed by atoms with Crippen molar-refractivity contribution < 1.29 is 14.7 Å². The molecule has 0 aliphatic heterocycles. The minimum absolute atomic E-state index is 0.0284. The molecule has 1 saturated carbocycles. The normalized spacial score (nSPS) is 21.6. The number of hydrogen-bond donors (Lipinski definition) is 3. The molecular weight excluding hydrogens is 298 g/mol. The Morgan fingerprint density at radius 2 is 2.10 bits per heavy atom. The van der Waals surface area contributed by atoms with Gasteiger partial charge in [-0.1, -0.05) is 18.0 Å². The summed E-state index contributed by atoms with van der Waals surface area (Å²) in [4.78, 5) is 38.1. The van der Waals surface area contributed by atoms with E-state index >= 15 is 0 Å². The number of hydrogen-bond acceptors (Lipinski definition) is 5. The zero-order valence-electron chi connectivity index (χ0n) is 10.8. The standard InChI is InChI=1S/C12H12ClN5O3/c13-8-7-9(15-4-14-7)17-12(16-8)18-10(19)5-2-1-3-6(5)11(20)21/h4-6H,1-3H2,(H,20,21)(H2,14,15,16,17,18,19). The van der Waals surface area contributed by atoms with Crippen LogP contribution in [0.1, 0.15) is 19.3 Å². The van der Waals surface area contributed by atoms with Crippen LogP contribution < -0.4 is 5.32 Å². The van der Waals surface area contributed by atoms with Gasteiger partial charge in [-0.15, -0.1) is 0 Å². The van der Waals surface area contributed by atoms with Gasteiger partial charge in [0.1, 0.15) is 5.52 Å². The summed E-state index contributed by atoms with van der Waals surface area (Å²) < 4.78 is 0. The van der Waals surface area contributed by atoms with Gasteiger partial charge in [0, 0.05) is 0 Å². The van der Waals surface area contributed by atoms with E-state index in [0.29, 0.717) is 24.0 Å². The van der Waals surface area contributed by atoms with Gasteiger partial charge >= 0.3 is 5.97 Å². The van der Waals surface area contributed by atoms with E-state index in [1.807, 2.05) is 0 Å². The van der Waals surface area contributed by atoms with Crippen molar-refractivity contribution in [2.24, 2.45) is 11.8 Å². The summed E-state index contributed by atoms with van der Waals surface area (Å²) in [6.45, 7) is 0. The van der Waals surface area contributed by atoms with E-state index in [-0.39, 0.29) is 11.1 Å².